The molecule has 0 atom stereocenters. The molecule has 136 valence electrons. The van der Waals surface area contributed by atoms with Crippen LogP contribution in [0.3, 0.4) is 0 Å². The van der Waals surface area contributed by atoms with Crippen molar-refractivity contribution in [3.05, 3.63) is 71.0 Å². The molecule has 0 radical (unpaired) electrons. The Morgan fingerprint density at radius 3 is 2.38 bits per heavy atom. The monoisotopic (exact) mass is 369 g/mol. The number of hydrogen-bond acceptors (Lipinski definition) is 3. The number of thioether (sulfide) groups is 1. The number of carbonyl (C=O) groups excluding carboxylic acids is 1. The van der Waals surface area contributed by atoms with Crippen molar-refractivity contribution in [3.63, 3.8) is 0 Å². The highest BCUT2D eigenvalue weighted by atomic mass is 32.2. The van der Waals surface area contributed by atoms with E-state index in [1.54, 1.807) is 11.8 Å². The molecular formula is C22H24FNOS. The number of Topliss-reactive ketones (excluding diaryl/α,β-unsaturated/α-hetero) is 1. The summed E-state index contributed by atoms with van der Waals surface area (Å²) in [7, 11) is 0. The van der Waals surface area contributed by atoms with Crippen LogP contribution in [0, 0.1) is 11.2 Å². The first-order valence-corrected chi connectivity index (χ1v) is 9.96. The van der Waals surface area contributed by atoms with Crippen LogP contribution in [-0.4, -0.2) is 30.0 Å². The maximum absolute atomic E-state index is 13.1. The Morgan fingerprint density at radius 2 is 1.77 bits per heavy atom. The molecule has 1 heterocycles. The lowest BCUT2D eigenvalue weighted by molar-refractivity contribution is -0.126. The average molecular weight is 370 g/mol. The molecule has 3 rings (SSSR count). The van der Waals surface area contributed by atoms with Crippen LogP contribution < -0.4 is 0 Å². The summed E-state index contributed by atoms with van der Waals surface area (Å²) in [6.07, 6.45) is 4.05. The molecule has 0 aromatic heterocycles. The van der Waals surface area contributed by atoms with E-state index in [-0.39, 0.29) is 11.6 Å². The first kappa shape index (κ1) is 18.9. The highest BCUT2D eigenvalue weighted by molar-refractivity contribution is 7.98. The lowest BCUT2D eigenvalue weighted by atomic mass is 9.79. The average Bonchev–Trinajstić information content (AvgIpc) is 2.61. The van der Waals surface area contributed by atoms with Crippen molar-refractivity contribution in [1.29, 1.82) is 0 Å². The highest BCUT2D eigenvalue weighted by Crippen LogP contribution is 2.30. The van der Waals surface area contributed by atoms with Gasteiger partial charge in [0.1, 0.15) is 5.82 Å². The Balaban J connectivity index is 1.82. The van der Waals surface area contributed by atoms with Gasteiger partial charge in [0.15, 0.2) is 5.78 Å². The molecule has 2 aromatic carbocycles. The molecule has 26 heavy (non-hydrogen) atoms. The molecule has 0 spiro atoms. The summed E-state index contributed by atoms with van der Waals surface area (Å²) < 4.78 is 13.1. The summed E-state index contributed by atoms with van der Waals surface area (Å²) in [5.74, 6) is -0.0148. The topological polar surface area (TPSA) is 20.3 Å². The quantitative estimate of drug-likeness (QED) is 0.556. The molecular weight excluding hydrogens is 345 g/mol. The van der Waals surface area contributed by atoms with Crippen LogP contribution in [0.25, 0.3) is 6.08 Å². The van der Waals surface area contributed by atoms with Gasteiger partial charge >= 0.3 is 0 Å². The number of benzene rings is 2. The second kappa shape index (κ2) is 7.77. The predicted molar refractivity (Wildman–Crippen MR) is 107 cm³/mol. The second-order valence-corrected chi connectivity index (χ2v) is 8.31. The van der Waals surface area contributed by atoms with Crippen LogP contribution in [0.1, 0.15) is 25.0 Å². The van der Waals surface area contributed by atoms with Gasteiger partial charge in [-0.2, -0.15) is 0 Å². The van der Waals surface area contributed by atoms with E-state index in [1.807, 2.05) is 38.3 Å². The number of likely N-dealkylation sites (tertiary alicyclic amines) is 1. The second-order valence-electron chi connectivity index (χ2n) is 7.43. The fraction of sp³-hybridized carbons (Fsp3) is 0.318. The lowest BCUT2D eigenvalue weighted by Crippen LogP contribution is -2.47. The van der Waals surface area contributed by atoms with Crippen LogP contribution in [0.5, 0.6) is 0 Å². The van der Waals surface area contributed by atoms with Crippen molar-refractivity contribution in [2.24, 2.45) is 5.41 Å². The molecule has 0 saturated carbocycles. The van der Waals surface area contributed by atoms with Crippen molar-refractivity contribution in [2.45, 2.75) is 25.3 Å². The number of piperidine rings is 1. The molecule has 2 nitrogen and oxygen atoms in total. The number of halogens is 1. The summed E-state index contributed by atoms with van der Waals surface area (Å²) in [4.78, 5) is 16.3. The van der Waals surface area contributed by atoms with Gasteiger partial charge in [0.25, 0.3) is 0 Å². The van der Waals surface area contributed by atoms with Gasteiger partial charge in [-0.05, 0) is 47.7 Å². The molecule has 0 N–H and O–H groups in total. The van der Waals surface area contributed by atoms with Gasteiger partial charge in [-0.1, -0.05) is 38.1 Å². The predicted octanol–water partition coefficient (Wildman–Crippen LogP) is 5.04. The Labute approximate surface area is 159 Å². The van der Waals surface area contributed by atoms with E-state index < -0.39 is 5.41 Å². The van der Waals surface area contributed by atoms with E-state index in [9.17, 15) is 9.18 Å². The van der Waals surface area contributed by atoms with Crippen molar-refractivity contribution >= 4 is 23.6 Å². The van der Waals surface area contributed by atoms with Gasteiger partial charge in [0, 0.05) is 35.5 Å². The van der Waals surface area contributed by atoms with Gasteiger partial charge in [-0.3, -0.25) is 9.69 Å². The van der Waals surface area contributed by atoms with E-state index in [2.05, 4.69) is 29.2 Å². The van der Waals surface area contributed by atoms with Crippen LogP contribution >= 0.6 is 11.8 Å². The zero-order chi connectivity index (χ0) is 18.7. The standard InChI is InChI=1S/C22H24FNOS/c1-22(2)15-24(13-17-4-8-19(23)9-5-17)14-18(21(22)25)12-16-6-10-20(26-3)11-7-16/h4-12H,13-15H2,1-3H3/b18-12-. The SMILES string of the molecule is CSc1ccc(/C=C2/CN(Cc3ccc(F)cc3)CC(C)(C)C2=O)cc1. The lowest BCUT2D eigenvalue weighted by Gasteiger charge is -2.38. The number of carbonyl (C=O) groups is 1. The molecule has 0 amide bonds. The minimum Gasteiger partial charge on any atom is -0.294 e. The van der Waals surface area contributed by atoms with E-state index in [0.717, 1.165) is 16.7 Å². The summed E-state index contributed by atoms with van der Waals surface area (Å²) in [6, 6.07) is 14.8. The molecule has 0 aliphatic carbocycles. The molecule has 2 aromatic rings. The molecule has 1 fully saturated rings. The normalized spacial score (nSPS) is 19.1. The highest BCUT2D eigenvalue weighted by Gasteiger charge is 2.37. The number of nitrogens with zero attached hydrogens (tertiary/aromatic N) is 1. The summed E-state index contributed by atoms with van der Waals surface area (Å²) in [5, 5.41) is 0. The smallest absolute Gasteiger partial charge is 0.167 e. The van der Waals surface area contributed by atoms with E-state index >= 15 is 0 Å². The van der Waals surface area contributed by atoms with Crippen molar-refractivity contribution in [3.8, 4) is 0 Å². The van der Waals surface area contributed by atoms with Gasteiger partial charge in [-0.25, -0.2) is 4.39 Å². The van der Waals surface area contributed by atoms with Crippen LogP contribution in [-0.2, 0) is 11.3 Å². The maximum Gasteiger partial charge on any atom is 0.167 e. The molecule has 4 heteroatoms. The molecule has 1 saturated heterocycles. The van der Waals surface area contributed by atoms with Crippen LogP contribution in [0.15, 0.2) is 59.0 Å². The zero-order valence-electron chi connectivity index (χ0n) is 15.5. The summed E-state index contributed by atoms with van der Waals surface area (Å²) in [5.41, 5.74) is 2.51. The fourth-order valence-corrected chi connectivity index (χ4v) is 3.81. The number of rotatable bonds is 4. The minimum atomic E-state index is -0.427. The molecule has 0 unspecified atom stereocenters. The Kier molecular flexibility index (Phi) is 5.64. The van der Waals surface area contributed by atoms with Gasteiger partial charge in [0.2, 0.25) is 0 Å². The Morgan fingerprint density at radius 1 is 1.12 bits per heavy atom. The van der Waals surface area contributed by atoms with E-state index in [4.69, 9.17) is 0 Å². The first-order valence-electron chi connectivity index (χ1n) is 8.73. The number of hydrogen-bond donors (Lipinski definition) is 0. The third-order valence-electron chi connectivity index (χ3n) is 4.70. The van der Waals surface area contributed by atoms with Crippen LogP contribution in [0.4, 0.5) is 4.39 Å². The minimum absolute atomic E-state index is 0.210. The number of ketones is 1. The fourth-order valence-electron chi connectivity index (χ4n) is 3.41. The van der Waals surface area contributed by atoms with Gasteiger partial charge < -0.3 is 0 Å². The van der Waals surface area contributed by atoms with Crippen LogP contribution in [0.2, 0.25) is 0 Å². The van der Waals surface area contributed by atoms with E-state index in [0.29, 0.717) is 19.6 Å². The van der Waals surface area contributed by atoms with Crippen molar-refractivity contribution in [1.82, 2.24) is 4.90 Å². The van der Waals surface area contributed by atoms with Crippen molar-refractivity contribution < 1.29 is 9.18 Å². The molecule has 1 aliphatic heterocycles. The molecule has 1 aliphatic rings. The van der Waals surface area contributed by atoms with Gasteiger partial charge in [-0.15, -0.1) is 11.8 Å². The largest absolute Gasteiger partial charge is 0.294 e. The molecule has 0 bridgehead atoms. The zero-order valence-corrected chi connectivity index (χ0v) is 16.3. The third kappa shape index (κ3) is 4.43. The third-order valence-corrected chi connectivity index (χ3v) is 5.44. The van der Waals surface area contributed by atoms with E-state index in [1.165, 1.54) is 17.0 Å². The maximum atomic E-state index is 13.1. The van der Waals surface area contributed by atoms with Gasteiger partial charge in [0.05, 0.1) is 0 Å². The van der Waals surface area contributed by atoms with Crippen molar-refractivity contribution in [2.75, 3.05) is 19.3 Å². The Bertz CT molecular complexity index is 809. The summed E-state index contributed by atoms with van der Waals surface area (Å²) in [6.45, 7) is 6.02. The summed E-state index contributed by atoms with van der Waals surface area (Å²) >= 11 is 1.70. The first-order chi connectivity index (χ1) is 12.4. The Hall–Kier alpha value is -1.91.